The summed E-state index contributed by atoms with van der Waals surface area (Å²) in [7, 11) is 1.63. The maximum atomic E-state index is 12.8. The van der Waals surface area contributed by atoms with Crippen molar-refractivity contribution in [2.24, 2.45) is 0 Å². The number of hydrogen-bond donors (Lipinski definition) is 0. The number of hydrogen-bond acceptors (Lipinski definition) is 4. The van der Waals surface area contributed by atoms with Gasteiger partial charge in [0.15, 0.2) is 11.5 Å². The van der Waals surface area contributed by atoms with E-state index in [-0.39, 0.29) is 23.8 Å². The Balaban J connectivity index is 1.52. The van der Waals surface area contributed by atoms with Crippen LogP contribution in [0.5, 0.6) is 11.5 Å². The third kappa shape index (κ3) is 4.25. The minimum atomic E-state index is -0.287. The molecule has 0 bridgehead atoms. The van der Waals surface area contributed by atoms with Gasteiger partial charge < -0.3 is 9.47 Å². The normalized spacial score (nSPS) is 19.6. The average molecular weight is 414 g/mol. The lowest BCUT2D eigenvalue weighted by atomic mass is 9.98. The van der Waals surface area contributed by atoms with Crippen LogP contribution in [0.25, 0.3) is 0 Å². The number of likely N-dealkylation sites (tertiary alicyclic amines) is 1. The molecule has 1 saturated carbocycles. The maximum absolute atomic E-state index is 12.8. The molecule has 1 heterocycles. The molecule has 2 aromatic rings. The van der Waals surface area contributed by atoms with Crippen molar-refractivity contribution in [3.63, 3.8) is 0 Å². The Morgan fingerprint density at radius 2 is 1.79 bits per heavy atom. The molecule has 0 aromatic heterocycles. The molecule has 2 fully saturated rings. The zero-order valence-corrected chi connectivity index (χ0v) is 17.2. The fraction of sp³-hybridized carbons (Fsp3) is 0.391. The summed E-state index contributed by atoms with van der Waals surface area (Å²) in [5.74, 6) is 0.899. The molecule has 2 aliphatic rings. The molecular weight excluding hydrogens is 390 g/mol. The third-order valence-electron chi connectivity index (χ3n) is 5.72. The van der Waals surface area contributed by atoms with Gasteiger partial charge in [0.1, 0.15) is 0 Å². The first-order valence-corrected chi connectivity index (χ1v) is 10.4. The first kappa shape index (κ1) is 19.8. The molecule has 2 aromatic carbocycles. The summed E-state index contributed by atoms with van der Waals surface area (Å²) < 4.78 is 11.6. The van der Waals surface area contributed by atoms with E-state index in [1.165, 1.54) is 17.7 Å². The monoisotopic (exact) mass is 413 g/mol. The van der Waals surface area contributed by atoms with Crippen LogP contribution in [0.4, 0.5) is 0 Å². The Kier molecular flexibility index (Phi) is 5.76. The second kappa shape index (κ2) is 8.46. The van der Waals surface area contributed by atoms with Gasteiger partial charge in [-0.25, -0.2) is 0 Å². The van der Waals surface area contributed by atoms with Gasteiger partial charge in [-0.1, -0.05) is 17.7 Å². The SMILES string of the molecule is COc1ccc(C2CC(=O)N(C(=O)c3ccc(Cl)cc3)C2)cc1OC1CCCC1. The Labute approximate surface area is 175 Å². The molecule has 1 aliphatic carbocycles. The molecule has 1 atom stereocenters. The van der Waals surface area contributed by atoms with Gasteiger partial charge in [0.25, 0.3) is 5.91 Å². The van der Waals surface area contributed by atoms with E-state index >= 15 is 0 Å². The molecule has 2 amide bonds. The Morgan fingerprint density at radius 1 is 1.07 bits per heavy atom. The van der Waals surface area contributed by atoms with Crippen LogP contribution in [-0.2, 0) is 4.79 Å². The van der Waals surface area contributed by atoms with E-state index in [0.29, 0.717) is 35.1 Å². The van der Waals surface area contributed by atoms with E-state index in [1.807, 2.05) is 18.2 Å². The Hall–Kier alpha value is -2.53. The van der Waals surface area contributed by atoms with E-state index in [2.05, 4.69) is 0 Å². The van der Waals surface area contributed by atoms with Gasteiger partial charge in [-0.05, 0) is 67.6 Å². The number of carbonyl (C=O) groups excluding carboxylic acids is 2. The predicted molar refractivity (Wildman–Crippen MR) is 111 cm³/mol. The maximum Gasteiger partial charge on any atom is 0.260 e. The van der Waals surface area contributed by atoms with Crippen molar-refractivity contribution < 1.29 is 19.1 Å². The smallest absolute Gasteiger partial charge is 0.260 e. The lowest BCUT2D eigenvalue weighted by Crippen LogP contribution is -2.32. The van der Waals surface area contributed by atoms with Crippen LogP contribution < -0.4 is 9.47 Å². The number of methoxy groups -OCH3 is 1. The molecule has 1 unspecified atom stereocenters. The minimum Gasteiger partial charge on any atom is -0.493 e. The van der Waals surface area contributed by atoms with E-state index in [4.69, 9.17) is 21.1 Å². The largest absolute Gasteiger partial charge is 0.493 e. The summed E-state index contributed by atoms with van der Waals surface area (Å²) >= 11 is 5.89. The second-order valence-corrected chi connectivity index (χ2v) is 8.09. The zero-order valence-electron chi connectivity index (χ0n) is 16.4. The van der Waals surface area contributed by atoms with Crippen LogP contribution >= 0.6 is 11.6 Å². The average Bonchev–Trinajstić information content (AvgIpc) is 3.37. The number of rotatable bonds is 5. The molecule has 1 aliphatic heterocycles. The highest BCUT2D eigenvalue weighted by Gasteiger charge is 2.35. The number of benzene rings is 2. The number of nitrogens with zero attached hydrogens (tertiary/aromatic N) is 1. The number of amides is 2. The van der Waals surface area contributed by atoms with Crippen molar-refractivity contribution in [2.75, 3.05) is 13.7 Å². The fourth-order valence-electron chi connectivity index (χ4n) is 4.10. The molecule has 6 heteroatoms. The summed E-state index contributed by atoms with van der Waals surface area (Å²) in [5, 5.41) is 0.556. The van der Waals surface area contributed by atoms with Gasteiger partial charge in [-0.3, -0.25) is 14.5 Å². The fourth-order valence-corrected chi connectivity index (χ4v) is 4.23. The summed E-state index contributed by atoms with van der Waals surface area (Å²) in [6.45, 7) is 0.357. The molecule has 0 spiro atoms. The first-order chi connectivity index (χ1) is 14.0. The van der Waals surface area contributed by atoms with Gasteiger partial charge >= 0.3 is 0 Å². The van der Waals surface area contributed by atoms with Crippen molar-refractivity contribution in [3.8, 4) is 11.5 Å². The lowest BCUT2D eigenvalue weighted by Gasteiger charge is -2.19. The van der Waals surface area contributed by atoms with Gasteiger partial charge in [0, 0.05) is 29.5 Å². The van der Waals surface area contributed by atoms with Crippen LogP contribution in [0, 0.1) is 0 Å². The Bertz CT molecular complexity index is 906. The van der Waals surface area contributed by atoms with Crippen LogP contribution in [0.2, 0.25) is 5.02 Å². The topological polar surface area (TPSA) is 55.8 Å². The number of ether oxygens (including phenoxy) is 2. The predicted octanol–water partition coefficient (Wildman–Crippen LogP) is 4.83. The molecule has 0 N–H and O–H groups in total. The summed E-state index contributed by atoms with van der Waals surface area (Å²) in [6, 6.07) is 12.4. The van der Waals surface area contributed by atoms with Crippen molar-refractivity contribution in [2.45, 2.75) is 44.1 Å². The Morgan fingerprint density at radius 3 is 2.48 bits per heavy atom. The molecular formula is C23H24ClNO4. The molecule has 4 rings (SSSR count). The second-order valence-electron chi connectivity index (χ2n) is 7.65. The van der Waals surface area contributed by atoms with Crippen molar-refractivity contribution in [1.29, 1.82) is 0 Å². The highest BCUT2D eigenvalue weighted by Crippen LogP contribution is 2.37. The number of halogens is 1. The van der Waals surface area contributed by atoms with Crippen LogP contribution in [-0.4, -0.2) is 36.5 Å². The standard InChI is InChI=1S/C23H24ClNO4/c1-28-20-11-8-16(12-21(20)29-19-4-2-3-5-19)17-13-22(26)25(14-17)23(27)15-6-9-18(24)10-7-15/h6-12,17,19H,2-5,13-14H2,1H3. The molecule has 5 nitrogen and oxygen atoms in total. The van der Waals surface area contributed by atoms with Gasteiger partial charge in [0.05, 0.1) is 13.2 Å². The van der Waals surface area contributed by atoms with Gasteiger partial charge in [-0.15, -0.1) is 0 Å². The van der Waals surface area contributed by atoms with E-state index < -0.39 is 0 Å². The van der Waals surface area contributed by atoms with Crippen molar-refractivity contribution >= 4 is 23.4 Å². The summed E-state index contributed by atoms with van der Waals surface area (Å²) in [6.07, 6.45) is 5.00. The number of carbonyl (C=O) groups is 2. The quantitative estimate of drug-likeness (QED) is 0.659. The zero-order chi connectivity index (χ0) is 20.4. The highest BCUT2D eigenvalue weighted by molar-refractivity contribution is 6.30. The third-order valence-corrected chi connectivity index (χ3v) is 5.97. The minimum absolute atomic E-state index is 0.0596. The van der Waals surface area contributed by atoms with Crippen molar-refractivity contribution in [1.82, 2.24) is 4.90 Å². The molecule has 1 saturated heterocycles. The lowest BCUT2D eigenvalue weighted by molar-refractivity contribution is -0.125. The molecule has 29 heavy (non-hydrogen) atoms. The van der Waals surface area contributed by atoms with E-state index in [1.54, 1.807) is 31.4 Å². The number of imide groups is 1. The molecule has 0 radical (unpaired) electrons. The van der Waals surface area contributed by atoms with E-state index in [0.717, 1.165) is 18.4 Å². The first-order valence-electron chi connectivity index (χ1n) is 10.00. The van der Waals surface area contributed by atoms with Crippen molar-refractivity contribution in [3.05, 3.63) is 58.6 Å². The summed E-state index contributed by atoms with van der Waals surface area (Å²) in [5.41, 5.74) is 1.45. The van der Waals surface area contributed by atoms with Gasteiger partial charge in [-0.2, -0.15) is 0 Å². The van der Waals surface area contributed by atoms with E-state index in [9.17, 15) is 9.59 Å². The van der Waals surface area contributed by atoms with Crippen LogP contribution in [0.1, 0.15) is 53.9 Å². The van der Waals surface area contributed by atoms with Crippen LogP contribution in [0.15, 0.2) is 42.5 Å². The summed E-state index contributed by atoms with van der Waals surface area (Å²) in [4.78, 5) is 26.6. The molecule has 152 valence electrons. The highest BCUT2D eigenvalue weighted by atomic mass is 35.5. The van der Waals surface area contributed by atoms with Gasteiger partial charge in [0.2, 0.25) is 5.91 Å². The van der Waals surface area contributed by atoms with Crippen LogP contribution in [0.3, 0.4) is 0 Å².